The van der Waals surface area contributed by atoms with Gasteiger partial charge in [0, 0.05) is 19.6 Å². The Kier molecular flexibility index (Phi) is 7.53. The van der Waals surface area contributed by atoms with E-state index in [1.54, 1.807) is 0 Å². The van der Waals surface area contributed by atoms with Crippen molar-refractivity contribution in [2.75, 3.05) is 32.8 Å². The molecule has 134 valence electrons. The zero-order valence-corrected chi connectivity index (χ0v) is 14.9. The maximum atomic E-state index is 11.8. The van der Waals surface area contributed by atoms with Gasteiger partial charge in [-0.1, -0.05) is 6.07 Å². The van der Waals surface area contributed by atoms with Crippen LogP contribution >= 0.6 is 0 Å². The summed E-state index contributed by atoms with van der Waals surface area (Å²) in [7, 11) is 0. The molecule has 1 fully saturated rings. The molecule has 1 aromatic rings. The van der Waals surface area contributed by atoms with E-state index in [0.29, 0.717) is 19.6 Å². The highest BCUT2D eigenvalue weighted by Gasteiger charge is 2.16. The van der Waals surface area contributed by atoms with Crippen LogP contribution in [0.25, 0.3) is 0 Å². The average molecular weight is 334 g/mol. The van der Waals surface area contributed by atoms with E-state index in [-0.39, 0.29) is 12.0 Å². The van der Waals surface area contributed by atoms with Gasteiger partial charge in [-0.25, -0.2) is 0 Å². The predicted molar refractivity (Wildman–Crippen MR) is 95.3 cm³/mol. The van der Waals surface area contributed by atoms with Gasteiger partial charge in [0.05, 0.1) is 19.1 Å². The van der Waals surface area contributed by atoms with Crippen LogP contribution in [-0.4, -0.2) is 54.8 Å². The van der Waals surface area contributed by atoms with Gasteiger partial charge in [0.25, 0.3) is 0 Å². The molecule has 0 aromatic heterocycles. The summed E-state index contributed by atoms with van der Waals surface area (Å²) in [4.78, 5) is 14.2. The quantitative estimate of drug-likeness (QED) is 0.714. The van der Waals surface area contributed by atoms with Crippen molar-refractivity contribution in [3.63, 3.8) is 0 Å². The van der Waals surface area contributed by atoms with E-state index >= 15 is 0 Å². The molecule has 1 aliphatic rings. The van der Waals surface area contributed by atoms with Crippen LogP contribution in [0.1, 0.15) is 36.8 Å². The standard InChI is InChI=1S/C19H30N2O3/c1-15-12-16(2)14-18(13-15)24-11-6-19(23)20-7-3-8-21-9-4-17(22)5-10-21/h12-14,17,22H,3-11H2,1-2H3,(H,20,23). The van der Waals surface area contributed by atoms with Crippen molar-refractivity contribution in [2.24, 2.45) is 0 Å². The smallest absolute Gasteiger partial charge is 0.223 e. The number of nitrogens with one attached hydrogen (secondary N) is 1. The fraction of sp³-hybridized carbons (Fsp3) is 0.632. The molecule has 0 aliphatic carbocycles. The molecule has 0 spiro atoms. The van der Waals surface area contributed by atoms with Gasteiger partial charge in [-0.05, 0) is 62.9 Å². The molecule has 24 heavy (non-hydrogen) atoms. The number of ether oxygens (including phenoxy) is 1. The van der Waals surface area contributed by atoms with E-state index in [1.165, 1.54) is 11.1 Å². The minimum atomic E-state index is -0.127. The second-order valence-electron chi connectivity index (χ2n) is 6.70. The summed E-state index contributed by atoms with van der Waals surface area (Å²) in [6.07, 6.45) is 2.92. The fourth-order valence-electron chi connectivity index (χ4n) is 3.04. The Bertz CT molecular complexity index is 505. The predicted octanol–water partition coefficient (Wildman–Crippen LogP) is 2.04. The third-order valence-electron chi connectivity index (χ3n) is 4.32. The molecule has 1 aliphatic heterocycles. The Morgan fingerprint density at radius 1 is 1.25 bits per heavy atom. The van der Waals surface area contributed by atoms with Crippen LogP contribution in [0.3, 0.4) is 0 Å². The first kappa shape index (κ1) is 18.7. The molecular weight excluding hydrogens is 304 g/mol. The van der Waals surface area contributed by atoms with Gasteiger partial charge in [-0.2, -0.15) is 0 Å². The molecule has 5 heteroatoms. The zero-order valence-electron chi connectivity index (χ0n) is 14.9. The maximum Gasteiger partial charge on any atom is 0.223 e. The second-order valence-corrected chi connectivity index (χ2v) is 6.70. The SMILES string of the molecule is Cc1cc(C)cc(OCCC(=O)NCCCN2CCC(O)CC2)c1. The summed E-state index contributed by atoms with van der Waals surface area (Å²) in [5, 5.41) is 12.4. The van der Waals surface area contributed by atoms with Crippen LogP contribution in [-0.2, 0) is 4.79 Å². The fourth-order valence-corrected chi connectivity index (χ4v) is 3.04. The number of carbonyl (C=O) groups is 1. The number of aryl methyl sites for hydroxylation is 2. The highest BCUT2D eigenvalue weighted by atomic mass is 16.5. The minimum absolute atomic E-state index is 0.0356. The van der Waals surface area contributed by atoms with Gasteiger partial charge in [0.1, 0.15) is 5.75 Å². The van der Waals surface area contributed by atoms with Gasteiger partial charge in [0.15, 0.2) is 0 Å². The molecule has 2 N–H and O–H groups in total. The van der Waals surface area contributed by atoms with Crippen LogP contribution in [0.4, 0.5) is 0 Å². The molecule has 0 atom stereocenters. The summed E-state index contributed by atoms with van der Waals surface area (Å²) >= 11 is 0. The highest BCUT2D eigenvalue weighted by Crippen LogP contribution is 2.16. The van der Waals surface area contributed by atoms with Gasteiger partial charge in [0.2, 0.25) is 5.91 Å². The van der Waals surface area contributed by atoms with E-state index in [2.05, 4.69) is 16.3 Å². The lowest BCUT2D eigenvalue weighted by Gasteiger charge is -2.29. The van der Waals surface area contributed by atoms with Crippen LogP contribution in [0.2, 0.25) is 0 Å². The maximum absolute atomic E-state index is 11.8. The van der Waals surface area contributed by atoms with E-state index in [9.17, 15) is 9.90 Å². The number of piperidine rings is 1. The normalized spacial score (nSPS) is 16.1. The third kappa shape index (κ3) is 6.89. The Morgan fingerprint density at radius 2 is 1.92 bits per heavy atom. The van der Waals surface area contributed by atoms with Gasteiger partial charge in [-0.3, -0.25) is 4.79 Å². The number of carbonyl (C=O) groups excluding carboxylic acids is 1. The second kappa shape index (κ2) is 9.64. The Hall–Kier alpha value is -1.59. The van der Waals surface area contributed by atoms with Gasteiger partial charge >= 0.3 is 0 Å². The first-order chi connectivity index (χ1) is 11.5. The summed E-state index contributed by atoms with van der Waals surface area (Å²) in [5.41, 5.74) is 2.33. The number of aliphatic hydroxyl groups excluding tert-OH is 1. The van der Waals surface area contributed by atoms with Crippen LogP contribution in [0, 0.1) is 13.8 Å². The van der Waals surface area contributed by atoms with E-state index in [0.717, 1.165) is 44.6 Å². The van der Waals surface area contributed by atoms with Crippen molar-refractivity contribution < 1.29 is 14.6 Å². The Labute approximate surface area is 145 Å². The summed E-state index contributed by atoms with van der Waals surface area (Å²) in [6.45, 7) is 8.06. The minimum Gasteiger partial charge on any atom is -0.493 e. The first-order valence-electron chi connectivity index (χ1n) is 8.91. The molecule has 1 amide bonds. The van der Waals surface area contributed by atoms with Gasteiger partial charge < -0.3 is 20.1 Å². The molecular formula is C19H30N2O3. The topological polar surface area (TPSA) is 61.8 Å². The van der Waals surface area contributed by atoms with Crippen molar-refractivity contribution in [1.29, 1.82) is 0 Å². The molecule has 0 bridgehead atoms. The monoisotopic (exact) mass is 334 g/mol. The zero-order chi connectivity index (χ0) is 17.4. The highest BCUT2D eigenvalue weighted by molar-refractivity contribution is 5.75. The number of amides is 1. The number of rotatable bonds is 8. The van der Waals surface area contributed by atoms with E-state index < -0.39 is 0 Å². The Balaban J connectivity index is 1.53. The van der Waals surface area contributed by atoms with Crippen LogP contribution < -0.4 is 10.1 Å². The van der Waals surface area contributed by atoms with Crippen molar-refractivity contribution >= 4 is 5.91 Å². The van der Waals surface area contributed by atoms with Crippen molar-refractivity contribution in [2.45, 2.75) is 45.6 Å². The largest absolute Gasteiger partial charge is 0.493 e. The molecule has 0 saturated carbocycles. The summed E-state index contributed by atoms with van der Waals surface area (Å²) in [6, 6.07) is 6.07. The number of hydrogen-bond donors (Lipinski definition) is 2. The molecule has 2 rings (SSSR count). The van der Waals surface area contributed by atoms with Gasteiger partial charge in [-0.15, -0.1) is 0 Å². The third-order valence-corrected chi connectivity index (χ3v) is 4.32. The van der Waals surface area contributed by atoms with Crippen molar-refractivity contribution in [3.05, 3.63) is 29.3 Å². The first-order valence-corrected chi connectivity index (χ1v) is 8.91. The number of benzene rings is 1. The lowest BCUT2D eigenvalue weighted by molar-refractivity contribution is -0.121. The molecule has 1 saturated heterocycles. The van der Waals surface area contributed by atoms with Crippen molar-refractivity contribution in [1.82, 2.24) is 10.2 Å². The summed E-state index contributed by atoms with van der Waals surface area (Å²) < 4.78 is 5.66. The molecule has 0 radical (unpaired) electrons. The lowest BCUT2D eigenvalue weighted by Crippen LogP contribution is -2.37. The number of hydrogen-bond acceptors (Lipinski definition) is 4. The number of nitrogens with zero attached hydrogens (tertiary/aromatic N) is 1. The Morgan fingerprint density at radius 3 is 2.58 bits per heavy atom. The number of aliphatic hydroxyl groups is 1. The molecule has 5 nitrogen and oxygen atoms in total. The van der Waals surface area contributed by atoms with E-state index in [1.807, 2.05) is 26.0 Å². The summed E-state index contributed by atoms with van der Waals surface area (Å²) in [5.74, 6) is 0.862. The molecule has 1 aromatic carbocycles. The molecule has 1 heterocycles. The van der Waals surface area contributed by atoms with Crippen LogP contribution in [0.5, 0.6) is 5.75 Å². The lowest BCUT2D eigenvalue weighted by atomic mass is 10.1. The average Bonchev–Trinajstić information content (AvgIpc) is 2.52. The van der Waals surface area contributed by atoms with E-state index in [4.69, 9.17) is 4.74 Å². The van der Waals surface area contributed by atoms with Crippen LogP contribution in [0.15, 0.2) is 18.2 Å². The molecule has 0 unspecified atom stereocenters. The number of likely N-dealkylation sites (tertiary alicyclic amines) is 1. The van der Waals surface area contributed by atoms with Crippen molar-refractivity contribution in [3.8, 4) is 5.75 Å².